The number of hydrogen-bond acceptors (Lipinski definition) is 5. The van der Waals surface area contributed by atoms with Crippen molar-refractivity contribution in [2.75, 3.05) is 13.2 Å². The molecule has 0 fully saturated rings. The number of hydrogen-bond donors (Lipinski definition) is 3. The molecule has 0 saturated carbocycles. The van der Waals surface area contributed by atoms with Crippen molar-refractivity contribution in [3.63, 3.8) is 0 Å². The molecule has 0 unspecified atom stereocenters. The quantitative estimate of drug-likeness (QED) is 0.651. The summed E-state index contributed by atoms with van der Waals surface area (Å²) >= 11 is 0. The van der Waals surface area contributed by atoms with E-state index >= 15 is 0 Å². The van der Waals surface area contributed by atoms with Gasteiger partial charge in [0.1, 0.15) is 5.75 Å². The van der Waals surface area contributed by atoms with Gasteiger partial charge in [0.25, 0.3) is 0 Å². The lowest BCUT2D eigenvalue weighted by molar-refractivity contribution is 0.0526. The highest BCUT2D eigenvalue weighted by molar-refractivity contribution is 5.89. The van der Waals surface area contributed by atoms with Crippen LogP contribution < -0.4 is 5.73 Å². The first-order chi connectivity index (χ1) is 7.60. The molecule has 0 amide bonds. The highest BCUT2D eigenvalue weighted by Crippen LogP contribution is 2.24. The van der Waals surface area contributed by atoms with Gasteiger partial charge in [-0.3, -0.25) is 0 Å². The lowest BCUT2D eigenvalue weighted by Gasteiger charge is -2.12. The number of esters is 1. The van der Waals surface area contributed by atoms with Crippen LogP contribution in [0, 0.1) is 0 Å². The Labute approximate surface area is 93.5 Å². The maximum absolute atomic E-state index is 11.4. The van der Waals surface area contributed by atoms with E-state index < -0.39 is 12.0 Å². The summed E-state index contributed by atoms with van der Waals surface area (Å²) in [5, 5.41) is 18.4. The monoisotopic (exact) mass is 225 g/mol. The van der Waals surface area contributed by atoms with Gasteiger partial charge in [-0.2, -0.15) is 0 Å². The Bertz CT molecular complexity index is 378. The normalized spacial score (nSPS) is 12.2. The number of aromatic hydroxyl groups is 1. The fraction of sp³-hybridized carbons (Fsp3) is 0.364. The number of carbonyl (C=O) groups is 1. The van der Waals surface area contributed by atoms with E-state index in [0.29, 0.717) is 11.1 Å². The molecule has 5 nitrogen and oxygen atoms in total. The summed E-state index contributed by atoms with van der Waals surface area (Å²) in [6.45, 7) is 1.68. The van der Waals surface area contributed by atoms with E-state index in [2.05, 4.69) is 0 Å². The summed E-state index contributed by atoms with van der Waals surface area (Å²) in [6, 6.07) is 3.51. The molecular formula is C11H15NO4. The molecule has 0 aliphatic carbocycles. The third kappa shape index (κ3) is 2.71. The summed E-state index contributed by atoms with van der Waals surface area (Å²) in [5.74, 6) is -0.525. The van der Waals surface area contributed by atoms with Crippen molar-refractivity contribution in [2.24, 2.45) is 5.73 Å². The third-order valence-electron chi connectivity index (χ3n) is 2.13. The summed E-state index contributed by atoms with van der Waals surface area (Å²) in [5.41, 5.74) is 6.21. The molecule has 4 N–H and O–H groups in total. The number of nitrogens with two attached hydrogens (primary N) is 1. The average molecular weight is 225 g/mol. The van der Waals surface area contributed by atoms with Crippen LogP contribution in [0.5, 0.6) is 5.75 Å². The zero-order chi connectivity index (χ0) is 12.1. The molecule has 0 aromatic heterocycles. The van der Waals surface area contributed by atoms with Crippen LogP contribution in [-0.4, -0.2) is 29.4 Å². The number of phenolic OH excluding ortho intramolecular Hbond substituents is 1. The molecule has 0 bridgehead atoms. The van der Waals surface area contributed by atoms with Gasteiger partial charge in [0.2, 0.25) is 0 Å². The summed E-state index contributed by atoms with van der Waals surface area (Å²) < 4.78 is 4.81. The molecule has 88 valence electrons. The Morgan fingerprint density at radius 3 is 2.81 bits per heavy atom. The van der Waals surface area contributed by atoms with Gasteiger partial charge >= 0.3 is 5.97 Å². The van der Waals surface area contributed by atoms with Crippen molar-refractivity contribution >= 4 is 5.97 Å². The first-order valence-corrected chi connectivity index (χ1v) is 4.96. The van der Waals surface area contributed by atoms with E-state index in [1.165, 1.54) is 18.2 Å². The molecule has 1 aromatic rings. The molecule has 5 heteroatoms. The number of ether oxygens (including phenoxy) is 1. The van der Waals surface area contributed by atoms with E-state index in [-0.39, 0.29) is 19.0 Å². The van der Waals surface area contributed by atoms with Crippen LogP contribution in [-0.2, 0) is 4.74 Å². The van der Waals surface area contributed by atoms with Crippen molar-refractivity contribution in [1.82, 2.24) is 0 Å². The lowest BCUT2D eigenvalue weighted by atomic mass is 10.0. The average Bonchev–Trinajstić information content (AvgIpc) is 2.29. The van der Waals surface area contributed by atoms with Gasteiger partial charge in [-0.15, -0.1) is 0 Å². The number of rotatable bonds is 4. The molecule has 0 radical (unpaired) electrons. The van der Waals surface area contributed by atoms with Crippen LogP contribution in [0.25, 0.3) is 0 Å². The number of carbonyl (C=O) groups excluding carboxylic acids is 1. The molecule has 0 aliphatic heterocycles. The van der Waals surface area contributed by atoms with E-state index in [4.69, 9.17) is 15.6 Å². The SMILES string of the molecule is CCOC(=O)c1ccc(O)c([C@@H](N)CO)c1. The highest BCUT2D eigenvalue weighted by Gasteiger charge is 2.14. The van der Waals surface area contributed by atoms with E-state index in [1.807, 2.05) is 0 Å². The van der Waals surface area contributed by atoms with E-state index in [9.17, 15) is 9.90 Å². The standard InChI is InChI=1S/C11H15NO4/c1-2-16-11(15)7-3-4-10(14)8(5-7)9(12)6-13/h3-5,9,13-14H,2,6,12H2,1H3/t9-/m0/s1. The summed E-state index contributed by atoms with van der Waals surface area (Å²) in [4.78, 5) is 11.4. The topological polar surface area (TPSA) is 92.8 Å². The van der Waals surface area contributed by atoms with Crippen molar-refractivity contribution in [3.8, 4) is 5.75 Å². The van der Waals surface area contributed by atoms with Crippen LogP contribution in [0.4, 0.5) is 0 Å². The summed E-state index contributed by atoms with van der Waals surface area (Å²) in [7, 11) is 0. The maximum Gasteiger partial charge on any atom is 0.338 e. The molecule has 0 spiro atoms. The van der Waals surface area contributed by atoms with Crippen LogP contribution >= 0.6 is 0 Å². The molecule has 1 atom stereocenters. The van der Waals surface area contributed by atoms with Gasteiger partial charge in [0, 0.05) is 5.56 Å². The van der Waals surface area contributed by atoms with Crippen molar-refractivity contribution in [1.29, 1.82) is 0 Å². The summed E-state index contributed by atoms with van der Waals surface area (Å²) in [6.07, 6.45) is 0. The highest BCUT2D eigenvalue weighted by atomic mass is 16.5. The number of aliphatic hydroxyl groups excluding tert-OH is 1. The number of phenols is 1. The second-order valence-electron chi connectivity index (χ2n) is 3.28. The fourth-order valence-corrected chi connectivity index (χ4v) is 1.29. The van der Waals surface area contributed by atoms with Gasteiger partial charge < -0.3 is 20.7 Å². The first kappa shape index (κ1) is 12.5. The van der Waals surface area contributed by atoms with Crippen molar-refractivity contribution in [3.05, 3.63) is 29.3 Å². The Kier molecular flexibility index (Phi) is 4.28. The molecule has 0 aliphatic rings. The Morgan fingerprint density at radius 2 is 2.25 bits per heavy atom. The van der Waals surface area contributed by atoms with Crippen molar-refractivity contribution < 1.29 is 19.7 Å². The van der Waals surface area contributed by atoms with Crippen LogP contribution in [0.15, 0.2) is 18.2 Å². The molecule has 16 heavy (non-hydrogen) atoms. The predicted molar refractivity (Wildman–Crippen MR) is 58.1 cm³/mol. The van der Waals surface area contributed by atoms with Crippen LogP contribution in [0.2, 0.25) is 0 Å². The maximum atomic E-state index is 11.4. The third-order valence-corrected chi connectivity index (χ3v) is 2.13. The zero-order valence-corrected chi connectivity index (χ0v) is 9.01. The Morgan fingerprint density at radius 1 is 1.56 bits per heavy atom. The Balaban J connectivity index is 3.02. The minimum atomic E-state index is -0.714. The predicted octanol–water partition coefficient (Wildman–Crippen LogP) is 0.561. The second kappa shape index (κ2) is 5.48. The van der Waals surface area contributed by atoms with E-state index in [0.717, 1.165) is 0 Å². The second-order valence-corrected chi connectivity index (χ2v) is 3.28. The fourth-order valence-electron chi connectivity index (χ4n) is 1.29. The molecule has 0 heterocycles. The lowest BCUT2D eigenvalue weighted by Crippen LogP contribution is -2.15. The van der Waals surface area contributed by atoms with E-state index in [1.54, 1.807) is 6.92 Å². The van der Waals surface area contributed by atoms with Gasteiger partial charge in [-0.1, -0.05) is 0 Å². The van der Waals surface area contributed by atoms with Gasteiger partial charge in [-0.25, -0.2) is 4.79 Å². The van der Waals surface area contributed by atoms with Gasteiger partial charge in [0.05, 0.1) is 24.8 Å². The zero-order valence-electron chi connectivity index (χ0n) is 9.01. The number of aliphatic hydroxyl groups is 1. The van der Waals surface area contributed by atoms with Crippen LogP contribution in [0.1, 0.15) is 28.9 Å². The van der Waals surface area contributed by atoms with Crippen LogP contribution in [0.3, 0.4) is 0 Å². The number of benzene rings is 1. The molecule has 1 aromatic carbocycles. The van der Waals surface area contributed by atoms with Gasteiger partial charge in [-0.05, 0) is 25.1 Å². The Hall–Kier alpha value is -1.59. The van der Waals surface area contributed by atoms with Crippen molar-refractivity contribution in [2.45, 2.75) is 13.0 Å². The van der Waals surface area contributed by atoms with Gasteiger partial charge in [0.15, 0.2) is 0 Å². The molecule has 1 rings (SSSR count). The smallest absolute Gasteiger partial charge is 0.338 e. The minimum absolute atomic E-state index is 0.0467. The minimum Gasteiger partial charge on any atom is -0.508 e. The first-order valence-electron chi connectivity index (χ1n) is 4.96. The molecule has 0 saturated heterocycles. The largest absolute Gasteiger partial charge is 0.508 e. The molecular weight excluding hydrogens is 210 g/mol.